The maximum Gasteiger partial charge on any atom is 0.265 e. The van der Waals surface area contributed by atoms with Crippen molar-refractivity contribution in [3.63, 3.8) is 0 Å². The Morgan fingerprint density at radius 3 is 3.08 bits per heavy atom. The number of ether oxygens (including phenoxy) is 1. The number of aromatic nitrogens is 2. The standard InChI is InChI=1S/C18H16N4O3/c23-17-11-25-16-4-2-1-3-15(16)22(17)8-7-19-18(24)12-5-6-14-13(9-12)10-20-21-14/h1-6,9-10H,7-8,11H2,(H,19,24)(H,20,21). The van der Waals surface area contributed by atoms with Crippen molar-refractivity contribution in [2.75, 3.05) is 24.6 Å². The van der Waals surface area contributed by atoms with Crippen LogP contribution in [0.5, 0.6) is 5.75 Å². The molecule has 2 N–H and O–H groups in total. The van der Waals surface area contributed by atoms with Crippen molar-refractivity contribution in [1.82, 2.24) is 15.5 Å². The van der Waals surface area contributed by atoms with Crippen LogP contribution in [0.1, 0.15) is 10.4 Å². The van der Waals surface area contributed by atoms with E-state index >= 15 is 0 Å². The molecule has 25 heavy (non-hydrogen) atoms. The number of benzene rings is 2. The van der Waals surface area contributed by atoms with E-state index in [9.17, 15) is 9.59 Å². The summed E-state index contributed by atoms with van der Waals surface area (Å²) in [6, 6.07) is 12.7. The van der Waals surface area contributed by atoms with E-state index in [0.29, 0.717) is 24.4 Å². The van der Waals surface area contributed by atoms with Gasteiger partial charge in [-0.3, -0.25) is 14.7 Å². The van der Waals surface area contributed by atoms with Crippen molar-refractivity contribution in [3.05, 3.63) is 54.2 Å². The summed E-state index contributed by atoms with van der Waals surface area (Å²) in [6.45, 7) is 0.753. The van der Waals surface area contributed by atoms with Crippen molar-refractivity contribution in [1.29, 1.82) is 0 Å². The van der Waals surface area contributed by atoms with Gasteiger partial charge < -0.3 is 15.0 Å². The summed E-state index contributed by atoms with van der Waals surface area (Å²) in [7, 11) is 0. The summed E-state index contributed by atoms with van der Waals surface area (Å²) < 4.78 is 5.41. The number of H-pyrrole nitrogens is 1. The first-order chi connectivity index (χ1) is 12.2. The lowest BCUT2D eigenvalue weighted by molar-refractivity contribution is -0.121. The summed E-state index contributed by atoms with van der Waals surface area (Å²) in [5.74, 6) is 0.378. The molecule has 0 atom stereocenters. The molecular weight excluding hydrogens is 320 g/mol. The molecule has 2 heterocycles. The molecule has 1 aromatic heterocycles. The highest BCUT2D eigenvalue weighted by Gasteiger charge is 2.24. The molecule has 0 saturated carbocycles. The second-order valence-electron chi connectivity index (χ2n) is 5.73. The highest BCUT2D eigenvalue weighted by Crippen LogP contribution is 2.30. The molecular formula is C18H16N4O3. The lowest BCUT2D eigenvalue weighted by Gasteiger charge is -2.29. The van der Waals surface area contributed by atoms with Crippen LogP contribution < -0.4 is 15.0 Å². The largest absolute Gasteiger partial charge is 0.482 e. The van der Waals surface area contributed by atoms with Crippen LogP contribution in [-0.2, 0) is 4.79 Å². The van der Waals surface area contributed by atoms with Crippen LogP contribution in [0.2, 0.25) is 0 Å². The molecule has 7 nitrogen and oxygen atoms in total. The van der Waals surface area contributed by atoms with Crippen molar-refractivity contribution < 1.29 is 14.3 Å². The van der Waals surface area contributed by atoms with Gasteiger partial charge in [0, 0.05) is 24.0 Å². The Morgan fingerprint density at radius 1 is 1.28 bits per heavy atom. The number of anilines is 1. The molecule has 0 fully saturated rings. The van der Waals surface area contributed by atoms with Crippen LogP contribution in [0, 0.1) is 0 Å². The highest BCUT2D eigenvalue weighted by molar-refractivity contribution is 5.99. The summed E-state index contributed by atoms with van der Waals surface area (Å²) in [5, 5.41) is 10.5. The number of nitrogens with one attached hydrogen (secondary N) is 2. The first-order valence-corrected chi connectivity index (χ1v) is 7.96. The summed E-state index contributed by atoms with van der Waals surface area (Å²) >= 11 is 0. The number of para-hydroxylation sites is 2. The fourth-order valence-corrected chi connectivity index (χ4v) is 2.87. The van der Waals surface area contributed by atoms with E-state index in [1.54, 1.807) is 23.2 Å². The van der Waals surface area contributed by atoms with E-state index in [4.69, 9.17) is 4.74 Å². The molecule has 2 aromatic carbocycles. The Morgan fingerprint density at radius 2 is 2.16 bits per heavy atom. The number of hydrogen-bond donors (Lipinski definition) is 2. The van der Waals surface area contributed by atoms with Gasteiger partial charge in [0.25, 0.3) is 11.8 Å². The molecule has 0 radical (unpaired) electrons. The number of hydrogen-bond acceptors (Lipinski definition) is 4. The Balaban J connectivity index is 1.42. The van der Waals surface area contributed by atoms with E-state index in [0.717, 1.165) is 16.6 Å². The van der Waals surface area contributed by atoms with Crippen LogP contribution in [0.4, 0.5) is 5.69 Å². The van der Waals surface area contributed by atoms with Crippen molar-refractivity contribution in [2.45, 2.75) is 0 Å². The fourth-order valence-electron chi connectivity index (χ4n) is 2.87. The van der Waals surface area contributed by atoms with Gasteiger partial charge in [-0.05, 0) is 30.3 Å². The van der Waals surface area contributed by atoms with Crippen LogP contribution >= 0.6 is 0 Å². The predicted octanol–water partition coefficient (Wildman–Crippen LogP) is 1.72. The minimum Gasteiger partial charge on any atom is -0.482 e. The molecule has 0 spiro atoms. The van der Waals surface area contributed by atoms with Gasteiger partial charge >= 0.3 is 0 Å². The van der Waals surface area contributed by atoms with Crippen LogP contribution in [0.3, 0.4) is 0 Å². The summed E-state index contributed by atoms with van der Waals surface area (Å²) in [4.78, 5) is 26.0. The van der Waals surface area contributed by atoms with Crippen LogP contribution in [0.25, 0.3) is 10.9 Å². The van der Waals surface area contributed by atoms with Crippen LogP contribution in [-0.4, -0.2) is 41.7 Å². The molecule has 0 unspecified atom stereocenters. The third kappa shape index (κ3) is 2.91. The first-order valence-electron chi connectivity index (χ1n) is 7.96. The monoisotopic (exact) mass is 336 g/mol. The Bertz CT molecular complexity index is 950. The smallest absolute Gasteiger partial charge is 0.265 e. The Hall–Kier alpha value is -3.35. The molecule has 3 aromatic rings. The quantitative estimate of drug-likeness (QED) is 0.759. The zero-order valence-electron chi connectivity index (χ0n) is 13.4. The molecule has 0 saturated heterocycles. The lowest BCUT2D eigenvalue weighted by atomic mass is 10.1. The Kier molecular flexibility index (Phi) is 3.81. The van der Waals surface area contributed by atoms with Gasteiger partial charge in [0.05, 0.1) is 17.4 Å². The third-order valence-electron chi connectivity index (χ3n) is 4.13. The minimum absolute atomic E-state index is 0.0160. The number of rotatable bonds is 4. The molecule has 126 valence electrons. The first kappa shape index (κ1) is 15.2. The average molecular weight is 336 g/mol. The number of aromatic amines is 1. The Labute approximate surface area is 143 Å². The van der Waals surface area contributed by atoms with Crippen molar-refractivity contribution >= 4 is 28.4 Å². The molecule has 4 rings (SSSR count). The summed E-state index contributed by atoms with van der Waals surface area (Å²) in [5.41, 5.74) is 2.17. The zero-order valence-corrected chi connectivity index (χ0v) is 13.4. The lowest BCUT2D eigenvalue weighted by Crippen LogP contribution is -2.43. The van der Waals surface area contributed by atoms with Crippen molar-refractivity contribution in [3.8, 4) is 5.75 Å². The second-order valence-corrected chi connectivity index (χ2v) is 5.73. The fraction of sp³-hybridized carbons (Fsp3) is 0.167. The number of carbonyl (C=O) groups is 2. The van der Waals surface area contributed by atoms with Gasteiger partial charge in [0.15, 0.2) is 6.61 Å². The maximum absolute atomic E-state index is 12.3. The number of nitrogens with zero attached hydrogens (tertiary/aromatic N) is 2. The van der Waals surface area contributed by atoms with E-state index in [-0.39, 0.29) is 18.4 Å². The van der Waals surface area contributed by atoms with Gasteiger partial charge in [-0.25, -0.2) is 0 Å². The van der Waals surface area contributed by atoms with Gasteiger partial charge in [0.2, 0.25) is 0 Å². The number of fused-ring (bicyclic) bond motifs is 2. The summed E-state index contributed by atoms with van der Waals surface area (Å²) in [6.07, 6.45) is 1.68. The molecule has 1 aliphatic rings. The third-order valence-corrected chi connectivity index (χ3v) is 4.13. The number of amides is 2. The average Bonchev–Trinajstić information content (AvgIpc) is 3.11. The van der Waals surface area contributed by atoms with E-state index < -0.39 is 0 Å². The van der Waals surface area contributed by atoms with E-state index in [1.165, 1.54) is 0 Å². The highest BCUT2D eigenvalue weighted by atomic mass is 16.5. The van der Waals surface area contributed by atoms with E-state index in [1.807, 2.05) is 30.3 Å². The van der Waals surface area contributed by atoms with Crippen molar-refractivity contribution in [2.24, 2.45) is 0 Å². The molecule has 1 aliphatic heterocycles. The normalized spacial score (nSPS) is 13.4. The molecule has 0 bridgehead atoms. The van der Waals surface area contributed by atoms with E-state index in [2.05, 4.69) is 15.5 Å². The van der Waals surface area contributed by atoms with Gasteiger partial charge in [-0.1, -0.05) is 12.1 Å². The van der Waals surface area contributed by atoms with Crippen LogP contribution in [0.15, 0.2) is 48.7 Å². The topological polar surface area (TPSA) is 87.3 Å². The minimum atomic E-state index is -0.183. The van der Waals surface area contributed by atoms with Gasteiger partial charge in [0.1, 0.15) is 5.75 Å². The molecule has 2 amide bonds. The SMILES string of the molecule is O=C(NCCN1C(=O)COc2ccccc21)c1ccc2[nH]ncc2c1. The maximum atomic E-state index is 12.3. The second kappa shape index (κ2) is 6.27. The zero-order chi connectivity index (χ0) is 17.2. The van der Waals surface area contributed by atoms with Gasteiger partial charge in [-0.2, -0.15) is 5.10 Å². The molecule has 0 aliphatic carbocycles. The predicted molar refractivity (Wildman–Crippen MR) is 92.7 cm³/mol. The molecule has 7 heteroatoms. The van der Waals surface area contributed by atoms with Gasteiger partial charge in [-0.15, -0.1) is 0 Å². The number of carbonyl (C=O) groups excluding carboxylic acids is 2.